The van der Waals surface area contributed by atoms with E-state index in [1.807, 2.05) is 6.07 Å². The van der Waals surface area contributed by atoms with E-state index in [0.29, 0.717) is 5.58 Å². The van der Waals surface area contributed by atoms with Crippen LogP contribution in [0.1, 0.15) is 23.6 Å². The number of rotatable bonds is 6. The summed E-state index contributed by atoms with van der Waals surface area (Å²) in [5.41, 5.74) is 3.96. The second-order valence-corrected chi connectivity index (χ2v) is 7.31. The van der Waals surface area contributed by atoms with Gasteiger partial charge in [-0.05, 0) is 36.4 Å². The van der Waals surface area contributed by atoms with Gasteiger partial charge in [-0.15, -0.1) is 11.8 Å². The van der Waals surface area contributed by atoms with E-state index < -0.39 is 0 Å². The molecule has 1 heterocycles. The monoisotopic (exact) mass is 354 g/mol. The maximum absolute atomic E-state index is 11.9. The molecule has 0 saturated heterocycles. The Balaban J connectivity index is 1.82. The van der Waals surface area contributed by atoms with Gasteiger partial charge in [0.05, 0.1) is 7.05 Å². The van der Waals surface area contributed by atoms with Crippen molar-refractivity contribution in [3.8, 4) is 0 Å². The molecule has 0 fully saturated rings. The van der Waals surface area contributed by atoms with Crippen LogP contribution >= 0.6 is 11.8 Å². The summed E-state index contributed by atoms with van der Waals surface area (Å²) in [5, 5.41) is 1.04. The Hall–Kier alpha value is -2.04. The minimum Gasteiger partial charge on any atom is -0.423 e. The van der Waals surface area contributed by atoms with Crippen molar-refractivity contribution in [2.45, 2.75) is 31.3 Å². The fourth-order valence-electron chi connectivity index (χ4n) is 3.12. The molecule has 0 spiro atoms. The average molecular weight is 354 g/mol. The van der Waals surface area contributed by atoms with E-state index in [4.69, 9.17) is 4.42 Å². The van der Waals surface area contributed by atoms with Crippen LogP contribution < -0.4 is 10.5 Å². The van der Waals surface area contributed by atoms with Crippen molar-refractivity contribution >= 4 is 22.7 Å². The second kappa shape index (κ2) is 7.89. The third kappa shape index (κ3) is 4.33. The summed E-state index contributed by atoms with van der Waals surface area (Å²) in [5.74, 6) is 0. The van der Waals surface area contributed by atoms with Gasteiger partial charge in [-0.25, -0.2) is 4.79 Å². The molecule has 1 aromatic heterocycles. The lowest BCUT2D eigenvalue weighted by Crippen LogP contribution is -3.06. The van der Waals surface area contributed by atoms with E-state index in [2.05, 4.69) is 56.6 Å². The molecule has 3 rings (SSSR count). The lowest BCUT2D eigenvalue weighted by molar-refractivity contribution is -0.907. The van der Waals surface area contributed by atoms with E-state index in [0.717, 1.165) is 30.5 Å². The van der Waals surface area contributed by atoms with Gasteiger partial charge in [0, 0.05) is 27.5 Å². The molecule has 2 aromatic carbocycles. The lowest BCUT2D eigenvalue weighted by atomic mass is 10.1. The number of nitrogens with one attached hydrogen (secondary N) is 1. The highest BCUT2D eigenvalue weighted by atomic mass is 32.2. The summed E-state index contributed by atoms with van der Waals surface area (Å²) in [4.78, 5) is 14.6. The molecule has 3 nitrogen and oxygen atoms in total. The van der Waals surface area contributed by atoms with E-state index >= 15 is 0 Å². The standard InChI is InChI=1S/C21H23NO2S/c1-4-15-7-10-19-17(12-21(23)24-20(19)11-15)14-22(2)13-16-5-8-18(25-3)9-6-16/h5-12H,4,13-14H2,1-3H3/p+1. The first-order valence-corrected chi connectivity index (χ1v) is 9.81. The Bertz CT molecular complexity index is 915. The molecule has 0 aliphatic carbocycles. The molecule has 25 heavy (non-hydrogen) atoms. The van der Waals surface area contributed by atoms with Crippen molar-refractivity contribution in [1.82, 2.24) is 0 Å². The molecule has 3 aromatic rings. The maximum Gasteiger partial charge on any atom is 0.336 e. The summed E-state index contributed by atoms with van der Waals surface area (Å²) in [7, 11) is 2.16. The van der Waals surface area contributed by atoms with Crippen molar-refractivity contribution < 1.29 is 9.32 Å². The van der Waals surface area contributed by atoms with E-state index in [9.17, 15) is 4.79 Å². The molecule has 0 amide bonds. The number of aryl methyl sites for hydroxylation is 1. The fraction of sp³-hybridized carbons (Fsp3) is 0.286. The van der Waals surface area contributed by atoms with Gasteiger partial charge in [0.2, 0.25) is 0 Å². The van der Waals surface area contributed by atoms with Crippen LogP contribution in [0.3, 0.4) is 0 Å². The van der Waals surface area contributed by atoms with Crippen molar-refractivity contribution in [1.29, 1.82) is 0 Å². The van der Waals surface area contributed by atoms with Crippen LogP contribution in [-0.4, -0.2) is 13.3 Å². The lowest BCUT2D eigenvalue weighted by Gasteiger charge is -2.15. The first-order chi connectivity index (χ1) is 12.1. The first kappa shape index (κ1) is 17.8. The number of hydrogen-bond donors (Lipinski definition) is 1. The number of benzene rings is 2. The third-order valence-electron chi connectivity index (χ3n) is 4.46. The molecule has 1 N–H and O–H groups in total. The molecule has 0 aliphatic heterocycles. The van der Waals surface area contributed by atoms with Crippen molar-refractivity contribution in [2.75, 3.05) is 13.3 Å². The van der Waals surface area contributed by atoms with Gasteiger partial charge < -0.3 is 9.32 Å². The predicted molar refractivity (Wildman–Crippen MR) is 104 cm³/mol. The Morgan fingerprint density at radius 3 is 2.40 bits per heavy atom. The highest BCUT2D eigenvalue weighted by Crippen LogP contribution is 2.19. The van der Waals surface area contributed by atoms with Crippen LogP contribution in [-0.2, 0) is 19.5 Å². The predicted octanol–water partition coefficient (Wildman–Crippen LogP) is 3.29. The van der Waals surface area contributed by atoms with E-state index in [1.165, 1.54) is 20.9 Å². The van der Waals surface area contributed by atoms with Gasteiger partial charge in [-0.3, -0.25) is 0 Å². The number of quaternary nitrogens is 1. The smallest absolute Gasteiger partial charge is 0.336 e. The highest BCUT2D eigenvalue weighted by Gasteiger charge is 2.12. The molecular formula is C21H24NO2S+. The van der Waals surface area contributed by atoms with Crippen LogP contribution in [0.2, 0.25) is 0 Å². The number of thioether (sulfide) groups is 1. The molecule has 0 bridgehead atoms. The van der Waals surface area contributed by atoms with Gasteiger partial charge in [0.1, 0.15) is 18.7 Å². The molecule has 4 heteroatoms. The maximum atomic E-state index is 11.9. The van der Waals surface area contributed by atoms with Gasteiger partial charge in [-0.2, -0.15) is 0 Å². The molecule has 0 aliphatic rings. The van der Waals surface area contributed by atoms with Crippen LogP contribution in [0.5, 0.6) is 0 Å². The fourth-order valence-corrected chi connectivity index (χ4v) is 3.53. The minimum atomic E-state index is -0.270. The number of hydrogen-bond acceptors (Lipinski definition) is 3. The molecule has 1 unspecified atom stereocenters. The van der Waals surface area contributed by atoms with Crippen LogP contribution in [0.25, 0.3) is 11.0 Å². The summed E-state index contributed by atoms with van der Waals surface area (Å²) in [6.45, 7) is 3.81. The zero-order valence-electron chi connectivity index (χ0n) is 15.0. The first-order valence-electron chi connectivity index (χ1n) is 8.59. The van der Waals surface area contributed by atoms with Gasteiger partial charge >= 0.3 is 5.63 Å². The molecule has 0 saturated carbocycles. The van der Waals surface area contributed by atoms with Crippen LogP contribution in [0, 0.1) is 0 Å². The molecule has 1 atom stereocenters. The Kier molecular flexibility index (Phi) is 5.61. The Morgan fingerprint density at radius 1 is 1.00 bits per heavy atom. The highest BCUT2D eigenvalue weighted by molar-refractivity contribution is 7.98. The van der Waals surface area contributed by atoms with Crippen LogP contribution in [0.4, 0.5) is 0 Å². The second-order valence-electron chi connectivity index (χ2n) is 6.43. The Morgan fingerprint density at radius 2 is 1.72 bits per heavy atom. The third-order valence-corrected chi connectivity index (χ3v) is 5.20. The molecular weight excluding hydrogens is 330 g/mol. The summed E-state index contributed by atoms with van der Waals surface area (Å²) >= 11 is 1.75. The van der Waals surface area contributed by atoms with Gasteiger partial charge in [-0.1, -0.05) is 31.2 Å². The zero-order valence-corrected chi connectivity index (χ0v) is 15.8. The van der Waals surface area contributed by atoms with Crippen LogP contribution in [0.15, 0.2) is 62.6 Å². The van der Waals surface area contributed by atoms with Crippen molar-refractivity contribution in [3.63, 3.8) is 0 Å². The molecule has 0 radical (unpaired) electrons. The summed E-state index contributed by atoms with van der Waals surface area (Å²) in [6, 6.07) is 16.5. The van der Waals surface area contributed by atoms with E-state index in [1.54, 1.807) is 17.8 Å². The summed E-state index contributed by atoms with van der Waals surface area (Å²) in [6.07, 6.45) is 3.02. The van der Waals surface area contributed by atoms with E-state index in [-0.39, 0.29) is 5.63 Å². The van der Waals surface area contributed by atoms with Gasteiger partial charge in [0.15, 0.2) is 0 Å². The largest absolute Gasteiger partial charge is 0.423 e. The topological polar surface area (TPSA) is 34.7 Å². The van der Waals surface area contributed by atoms with Crippen molar-refractivity contribution in [2.24, 2.45) is 0 Å². The zero-order chi connectivity index (χ0) is 17.8. The summed E-state index contributed by atoms with van der Waals surface area (Å²) < 4.78 is 5.40. The number of fused-ring (bicyclic) bond motifs is 1. The quantitative estimate of drug-likeness (QED) is 0.545. The van der Waals surface area contributed by atoms with Gasteiger partial charge in [0.25, 0.3) is 0 Å². The van der Waals surface area contributed by atoms with Crippen molar-refractivity contribution in [3.05, 3.63) is 75.6 Å². The SMILES string of the molecule is CCc1ccc2c(C[NH+](C)Cc3ccc(SC)cc3)cc(=O)oc2c1. The molecule has 130 valence electrons. The Labute approximate surface area is 152 Å². The normalized spacial score (nSPS) is 12.4. The minimum absolute atomic E-state index is 0.270. The average Bonchev–Trinajstić information content (AvgIpc) is 2.61.